The molecule has 0 bridgehead atoms. The Kier molecular flexibility index (Phi) is 4.27. The molecule has 4 aromatic carbocycles. The van der Waals surface area contributed by atoms with Crippen molar-refractivity contribution in [2.24, 2.45) is 0 Å². The van der Waals surface area contributed by atoms with Gasteiger partial charge >= 0.3 is 0 Å². The van der Waals surface area contributed by atoms with Crippen molar-refractivity contribution in [2.45, 2.75) is 0 Å². The van der Waals surface area contributed by atoms with Crippen LogP contribution in [0, 0.1) is 0 Å². The summed E-state index contributed by atoms with van der Waals surface area (Å²) in [7, 11) is 0. The molecule has 5 heteroatoms. The van der Waals surface area contributed by atoms with Crippen LogP contribution in [0.2, 0.25) is 0 Å². The van der Waals surface area contributed by atoms with Crippen LogP contribution in [0.1, 0.15) is 0 Å². The predicted molar refractivity (Wildman–Crippen MR) is 163 cm³/mol. The van der Waals surface area contributed by atoms with Crippen molar-refractivity contribution < 1.29 is 0 Å². The molecule has 5 aromatic heterocycles. The van der Waals surface area contributed by atoms with Crippen molar-refractivity contribution >= 4 is 60.2 Å². The van der Waals surface area contributed by atoms with Crippen molar-refractivity contribution in [2.75, 3.05) is 0 Å². The SMILES string of the molecule is c1cncc(-c2ccnc(-n3c4ccccc4c4cc5c6ccccc6n6c7ccccc7nc6c5cc43)c2)c1. The average molecular weight is 512 g/mol. The summed E-state index contributed by atoms with van der Waals surface area (Å²) in [6.45, 7) is 0. The number of hydrogen-bond donors (Lipinski definition) is 0. The summed E-state index contributed by atoms with van der Waals surface area (Å²) in [6, 6.07) is 38.5. The lowest BCUT2D eigenvalue weighted by Crippen LogP contribution is -1.98. The van der Waals surface area contributed by atoms with Gasteiger partial charge in [-0.3, -0.25) is 14.0 Å². The molecule has 9 rings (SSSR count). The molecular weight excluding hydrogens is 490 g/mol. The number of aromatic nitrogens is 5. The number of benzene rings is 4. The molecule has 0 fully saturated rings. The molecular formula is C35H21N5. The Morgan fingerprint density at radius 2 is 1.27 bits per heavy atom. The van der Waals surface area contributed by atoms with E-state index in [0.29, 0.717) is 0 Å². The molecule has 0 spiro atoms. The number of fused-ring (bicyclic) bond motifs is 11. The molecule has 5 nitrogen and oxygen atoms in total. The van der Waals surface area contributed by atoms with E-state index in [1.807, 2.05) is 24.5 Å². The summed E-state index contributed by atoms with van der Waals surface area (Å²) in [5.41, 5.74) is 8.60. The Labute approximate surface area is 228 Å². The van der Waals surface area contributed by atoms with Crippen molar-refractivity contribution in [3.8, 4) is 16.9 Å². The van der Waals surface area contributed by atoms with E-state index < -0.39 is 0 Å². The van der Waals surface area contributed by atoms with E-state index >= 15 is 0 Å². The average Bonchev–Trinajstić information content (AvgIpc) is 3.57. The van der Waals surface area contributed by atoms with Crippen molar-refractivity contribution in [1.82, 2.24) is 23.9 Å². The van der Waals surface area contributed by atoms with Gasteiger partial charge in [0, 0.05) is 45.7 Å². The first-order valence-corrected chi connectivity index (χ1v) is 13.4. The highest BCUT2D eigenvalue weighted by Gasteiger charge is 2.19. The Balaban J connectivity index is 1.46. The van der Waals surface area contributed by atoms with Crippen LogP contribution in [0.5, 0.6) is 0 Å². The quantitative estimate of drug-likeness (QED) is 0.219. The minimum atomic E-state index is 0.872. The van der Waals surface area contributed by atoms with E-state index in [1.165, 1.54) is 21.5 Å². The Morgan fingerprint density at radius 3 is 2.12 bits per heavy atom. The fourth-order valence-electron chi connectivity index (χ4n) is 6.27. The van der Waals surface area contributed by atoms with Crippen LogP contribution in [0.4, 0.5) is 0 Å². The smallest absolute Gasteiger partial charge is 0.146 e. The maximum absolute atomic E-state index is 5.14. The lowest BCUT2D eigenvalue weighted by molar-refractivity contribution is 1.08. The van der Waals surface area contributed by atoms with Gasteiger partial charge in [-0.05, 0) is 65.5 Å². The van der Waals surface area contributed by atoms with E-state index in [0.717, 1.165) is 55.6 Å². The van der Waals surface area contributed by atoms with Crippen LogP contribution >= 0.6 is 0 Å². The minimum Gasteiger partial charge on any atom is -0.294 e. The third-order valence-electron chi connectivity index (χ3n) is 8.02. The molecule has 0 aliphatic carbocycles. The summed E-state index contributed by atoms with van der Waals surface area (Å²) in [5.74, 6) is 0.872. The first kappa shape index (κ1) is 21.4. The predicted octanol–water partition coefficient (Wildman–Crippen LogP) is 8.35. The van der Waals surface area contributed by atoms with Gasteiger partial charge in [0.15, 0.2) is 0 Å². The van der Waals surface area contributed by atoms with E-state index in [4.69, 9.17) is 9.97 Å². The fourth-order valence-corrected chi connectivity index (χ4v) is 6.27. The molecule has 5 heterocycles. The van der Waals surface area contributed by atoms with Crippen LogP contribution in [0.15, 0.2) is 128 Å². The number of hydrogen-bond acceptors (Lipinski definition) is 3. The van der Waals surface area contributed by atoms with Crippen molar-refractivity contribution in [3.63, 3.8) is 0 Å². The van der Waals surface area contributed by atoms with Crippen LogP contribution in [0.25, 0.3) is 77.1 Å². The first-order valence-electron chi connectivity index (χ1n) is 13.4. The van der Waals surface area contributed by atoms with Gasteiger partial charge in [-0.2, -0.15) is 0 Å². The second-order valence-electron chi connectivity index (χ2n) is 10.2. The topological polar surface area (TPSA) is 48.0 Å². The number of pyridine rings is 3. The van der Waals surface area contributed by atoms with Crippen molar-refractivity contribution in [3.05, 3.63) is 128 Å². The maximum atomic E-state index is 5.14. The van der Waals surface area contributed by atoms with Gasteiger partial charge in [-0.1, -0.05) is 54.6 Å². The van der Waals surface area contributed by atoms with Gasteiger partial charge in [0.1, 0.15) is 11.5 Å². The van der Waals surface area contributed by atoms with Crippen LogP contribution < -0.4 is 0 Å². The summed E-state index contributed by atoms with van der Waals surface area (Å²) in [5, 5.41) is 5.93. The lowest BCUT2D eigenvalue weighted by Gasteiger charge is -2.11. The maximum Gasteiger partial charge on any atom is 0.146 e. The summed E-state index contributed by atoms with van der Waals surface area (Å²) >= 11 is 0. The summed E-state index contributed by atoms with van der Waals surface area (Å²) < 4.78 is 4.57. The third-order valence-corrected chi connectivity index (χ3v) is 8.02. The molecule has 0 aliphatic rings. The summed E-state index contributed by atoms with van der Waals surface area (Å²) in [6.07, 6.45) is 5.57. The molecule has 0 saturated heterocycles. The minimum absolute atomic E-state index is 0.872. The molecule has 0 amide bonds. The highest BCUT2D eigenvalue weighted by Crippen LogP contribution is 2.39. The second kappa shape index (κ2) is 7.98. The zero-order valence-corrected chi connectivity index (χ0v) is 21.4. The zero-order chi connectivity index (χ0) is 26.2. The highest BCUT2D eigenvalue weighted by molar-refractivity contribution is 6.21. The van der Waals surface area contributed by atoms with Gasteiger partial charge in [-0.25, -0.2) is 9.97 Å². The Morgan fingerprint density at radius 1 is 0.500 bits per heavy atom. The Hall–Kier alpha value is -5.55. The molecule has 0 saturated carbocycles. The van der Waals surface area contributed by atoms with E-state index in [2.05, 4.69) is 111 Å². The third kappa shape index (κ3) is 2.89. The van der Waals surface area contributed by atoms with E-state index in [1.54, 1.807) is 6.20 Å². The number of rotatable bonds is 2. The molecule has 40 heavy (non-hydrogen) atoms. The van der Waals surface area contributed by atoms with E-state index in [9.17, 15) is 0 Å². The first-order chi connectivity index (χ1) is 19.8. The van der Waals surface area contributed by atoms with Gasteiger partial charge in [-0.15, -0.1) is 0 Å². The lowest BCUT2D eigenvalue weighted by atomic mass is 10.0. The molecule has 186 valence electrons. The largest absolute Gasteiger partial charge is 0.294 e. The monoisotopic (exact) mass is 511 g/mol. The van der Waals surface area contributed by atoms with Gasteiger partial charge in [0.05, 0.1) is 27.6 Å². The Bertz CT molecular complexity index is 2430. The molecule has 0 radical (unpaired) electrons. The van der Waals surface area contributed by atoms with Gasteiger partial charge < -0.3 is 0 Å². The number of imidazole rings is 1. The number of nitrogens with zero attached hydrogens (tertiary/aromatic N) is 5. The zero-order valence-electron chi connectivity index (χ0n) is 21.4. The molecule has 0 N–H and O–H groups in total. The molecule has 0 aliphatic heterocycles. The van der Waals surface area contributed by atoms with Crippen LogP contribution in [-0.2, 0) is 0 Å². The molecule has 0 atom stereocenters. The van der Waals surface area contributed by atoms with Crippen molar-refractivity contribution in [1.29, 1.82) is 0 Å². The summed E-state index contributed by atoms with van der Waals surface area (Å²) in [4.78, 5) is 14.3. The normalized spacial score (nSPS) is 12.0. The van der Waals surface area contributed by atoms with Crippen LogP contribution in [0.3, 0.4) is 0 Å². The number of para-hydroxylation sites is 4. The molecule has 0 unspecified atom stereocenters. The molecule has 9 aromatic rings. The van der Waals surface area contributed by atoms with Gasteiger partial charge in [0.25, 0.3) is 0 Å². The standard InChI is InChI=1S/C35H21N5/c1-5-13-31-24(9-1)26-19-27-25-10-2-4-12-30(25)39(34-18-22(15-17-37-34)23-8-7-16-36-21-23)33(27)20-28(26)35-38-29-11-3-6-14-32(29)40(31)35/h1-21H. The second-order valence-corrected chi connectivity index (χ2v) is 10.2. The fraction of sp³-hybridized carbons (Fsp3) is 0. The van der Waals surface area contributed by atoms with Gasteiger partial charge in [0.2, 0.25) is 0 Å². The van der Waals surface area contributed by atoms with Crippen LogP contribution in [-0.4, -0.2) is 23.9 Å². The van der Waals surface area contributed by atoms with E-state index in [-0.39, 0.29) is 0 Å². The highest BCUT2D eigenvalue weighted by atomic mass is 15.1.